The molecule has 0 atom stereocenters. The lowest BCUT2D eigenvalue weighted by atomic mass is 10.2. The maximum absolute atomic E-state index is 12.1. The molecule has 1 amide bonds. The summed E-state index contributed by atoms with van der Waals surface area (Å²) in [6, 6.07) is 12.1. The Morgan fingerprint density at radius 1 is 1.20 bits per heavy atom. The Hall–Kier alpha value is -2.18. The predicted octanol–water partition coefficient (Wildman–Crippen LogP) is 4.26. The Kier molecular flexibility index (Phi) is 7.16. The van der Waals surface area contributed by atoms with Crippen molar-refractivity contribution in [3.8, 4) is 5.75 Å². The fraction of sp³-hybridized carbons (Fsp3) is 0.222. The van der Waals surface area contributed by atoms with Crippen molar-refractivity contribution in [3.63, 3.8) is 0 Å². The smallest absolute Gasteiger partial charge is 0.340 e. The van der Waals surface area contributed by atoms with E-state index in [2.05, 4.69) is 5.32 Å². The van der Waals surface area contributed by atoms with Crippen molar-refractivity contribution in [1.82, 2.24) is 0 Å². The quantitative estimate of drug-likeness (QED) is 0.575. The monoisotopic (exact) mass is 379 g/mol. The van der Waals surface area contributed by atoms with Gasteiger partial charge in [0.25, 0.3) is 5.91 Å². The van der Waals surface area contributed by atoms with E-state index < -0.39 is 18.5 Å². The minimum atomic E-state index is -0.644. The lowest BCUT2D eigenvalue weighted by Gasteiger charge is -2.11. The summed E-state index contributed by atoms with van der Waals surface area (Å²) in [4.78, 5) is 25.1. The van der Waals surface area contributed by atoms with Crippen LogP contribution in [0.1, 0.15) is 17.3 Å². The zero-order valence-corrected chi connectivity index (χ0v) is 15.4. The van der Waals surface area contributed by atoms with Gasteiger partial charge in [0, 0.05) is 4.90 Å². The number of ether oxygens (including phenoxy) is 2. The van der Waals surface area contributed by atoms with Crippen LogP contribution in [0.4, 0.5) is 5.69 Å². The molecule has 0 spiro atoms. The Labute approximate surface area is 155 Å². The van der Waals surface area contributed by atoms with Crippen LogP contribution in [-0.2, 0) is 9.53 Å². The average Bonchev–Trinajstić information content (AvgIpc) is 2.62. The summed E-state index contributed by atoms with van der Waals surface area (Å²) in [6.45, 7) is 1.91. The van der Waals surface area contributed by atoms with Gasteiger partial charge in [0.1, 0.15) is 5.75 Å². The molecule has 2 aromatic rings. The van der Waals surface area contributed by atoms with Crippen molar-refractivity contribution in [1.29, 1.82) is 0 Å². The molecule has 0 unspecified atom stereocenters. The molecule has 0 saturated carbocycles. The van der Waals surface area contributed by atoms with Gasteiger partial charge in [-0.15, -0.1) is 11.8 Å². The van der Waals surface area contributed by atoms with Crippen molar-refractivity contribution in [2.45, 2.75) is 11.8 Å². The minimum absolute atomic E-state index is 0.232. The second kappa shape index (κ2) is 9.34. The standard InChI is InChI=1S/C18H18ClNO4S/c1-3-23-16-7-5-4-6-15(16)20-17(21)11-24-18(22)13-10-12(25-2)8-9-14(13)19/h4-10H,3,11H2,1-2H3,(H,20,21). The zero-order valence-electron chi connectivity index (χ0n) is 13.9. The molecule has 2 rings (SSSR count). The first-order chi connectivity index (χ1) is 12.0. The van der Waals surface area contributed by atoms with Crippen molar-refractivity contribution in [2.75, 3.05) is 24.8 Å². The number of esters is 1. The molecule has 0 fully saturated rings. The molecule has 25 heavy (non-hydrogen) atoms. The highest BCUT2D eigenvalue weighted by Crippen LogP contribution is 2.25. The highest BCUT2D eigenvalue weighted by molar-refractivity contribution is 7.98. The van der Waals surface area contributed by atoms with Crippen molar-refractivity contribution in [3.05, 3.63) is 53.1 Å². The number of halogens is 1. The number of hydrogen-bond donors (Lipinski definition) is 1. The molecule has 1 N–H and O–H groups in total. The Morgan fingerprint density at radius 3 is 2.68 bits per heavy atom. The molecule has 5 nitrogen and oxygen atoms in total. The van der Waals surface area contributed by atoms with Crippen molar-refractivity contribution in [2.24, 2.45) is 0 Å². The molecule has 0 aliphatic rings. The van der Waals surface area contributed by atoms with E-state index in [4.69, 9.17) is 21.1 Å². The van der Waals surface area contributed by atoms with Gasteiger partial charge in [-0.3, -0.25) is 4.79 Å². The second-order valence-corrected chi connectivity index (χ2v) is 6.19. The van der Waals surface area contributed by atoms with Gasteiger partial charge in [-0.1, -0.05) is 23.7 Å². The second-order valence-electron chi connectivity index (χ2n) is 4.90. The largest absolute Gasteiger partial charge is 0.492 e. The summed E-state index contributed by atoms with van der Waals surface area (Å²) in [7, 11) is 0. The van der Waals surface area contributed by atoms with Gasteiger partial charge in [0.05, 0.1) is 22.9 Å². The molecule has 0 heterocycles. The molecule has 0 saturated heterocycles. The zero-order chi connectivity index (χ0) is 18.2. The fourth-order valence-electron chi connectivity index (χ4n) is 2.03. The van der Waals surface area contributed by atoms with E-state index in [-0.39, 0.29) is 10.6 Å². The number of thioether (sulfide) groups is 1. The molecule has 0 aliphatic carbocycles. The molecule has 2 aromatic carbocycles. The van der Waals surface area contributed by atoms with Crippen LogP contribution in [0.3, 0.4) is 0 Å². The van der Waals surface area contributed by atoms with Crippen LogP contribution >= 0.6 is 23.4 Å². The molecule has 0 aliphatic heterocycles. The molecule has 132 valence electrons. The Bertz CT molecular complexity index is 766. The summed E-state index contributed by atoms with van der Waals surface area (Å²) in [5.41, 5.74) is 0.754. The van der Waals surface area contributed by atoms with E-state index in [1.165, 1.54) is 11.8 Å². The van der Waals surface area contributed by atoms with E-state index in [0.717, 1.165) is 4.90 Å². The summed E-state index contributed by atoms with van der Waals surface area (Å²) in [6.07, 6.45) is 1.89. The Morgan fingerprint density at radius 2 is 1.96 bits per heavy atom. The van der Waals surface area contributed by atoms with Gasteiger partial charge in [-0.05, 0) is 43.5 Å². The highest BCUT2D eigenvalue weighted by atomic mass is 35.5. The van der Waals surface area contributed by atoms with Gasteiger partial charge in [0.15, 0.2) is 6.61 Å². The van der Waals surface area contributed by atoms with E-state index in [1.54, 1.807) is 42.5 Å². The lowest BCUT2D eigenvalue weighted by Crippen LogP contribution is -2.21. The van der Waals surface area contributed by atoms with Gasteiger partial charge >= 0.3 is 5.97 Å². The summed E-state index contributed by atoms with van der Waals surface area (Å²) in [5.74, 6) is -0.549. The topological polar surface area (TPSA) is 64.6 Å². The SMILES string of the molecule is CCOc1ccccc1NC(=O)COC(=O)c1cc(SC)ccc1Cl. The number of para-hydroxylation sites is 2. The third-order valence-electron chi connectivity index (χ3n) is 3.19. The average molecular weight is 380 g/mol. The van der Waals surface area contributed by atoms with E-state index in [0.29, 0.717) is 18.0 Å². The van der Waals surface area contributed by atoms with Crippen LogP contribution < -0.4 is 10.1 Å². The lowest BCUT2D eigenvalue weighted by molar-refractivity contribution is -0.119. The van der Waals surface area contributed by atoms with E-state index in [9.17, 15) is 9.59 Å². The van der Waals surface area contributed by atoms with Crippen LogP contribution in [0, 0.1) is 0 Å². The van der Waals surface area contributed by atoms with E-state index in [1.807, 2.05) is 13.2 Å². The maximum atomic E-state index is 12.1. The molecule has 0 aromatic heterocycles. The minimum Gasteiger partial charge on any atom is -0.492 e. The maximum Gasteiger partial charge on any atom is 0.340 e. The summed E-state index contributed by atoms with van der Waals surface area (Å²) < 4.78 is 10.5. The van der Waals surface area contributed by atoms with Gasteiger partial charge in [0.2, 0.25) is 0 Å². The van der Waals surface area contributed by atoms with Crippen LogP contribution in [0.2, 0.25) is 5.02 Å². The summed E-state index contributed by atoms with van der Waals surface area (Å²) in [5, 5.41) is 2.94. The Balaban J connectivity index is 1.97. The summed E-state index contributed by atoms with van der Waals surface area (Å²) >= 11 is 7.50. The fourth-order valence-corrected chi connectivity index (χ4v) is 2.67. The number of amides is 1. The predicted molar refractivity (Wildman–Crippen MR) is 99.8 cm³/mol. The third kappa shape index (κ3) is 5.41. The van der Waals surface area contributed by atoms with Gasteiger partial charge < -0.3 is 14.8 Å². The van der Waals surface area contributed by atoms with Crippen LogP contribution in [0.25, 0.3) is 0 Å². The first kappa shape index (κ1) is 19.1. The third-order valence-corrected chi connectivity index (χ3v) is 4.24. The molecule has 7 heteroatoms. The number of anilines is 1. The number of carbonyl (C=O) groups is 2. The number of carbonyl (C=O) groups excluding carboxylic acids is 2. The number of hydrogen-bond acceptors (Lipinski definition) is 5. The number of rotatable bonds is 7. The molecule has 0 bridgehead atoms. The van der Waals surface area contributed by atoms with Crippen molar-refractivity contribution >= 4 is 40.9 Å². The van der Waals surface area contributed by atoms with E-state index >= 15 is 0 Å². The van der Waals surface area contributed by atoms with Crippen LogP contribution in [-0.4, -0.2) is 31.3 Å². The first-order valence-electron chi connectivity index (χ1n) is 7.57. The normalized spacial score (nSPS) is 10.2. The van der Waals surface area contributed by atoms with Crippen LogP contribution in [0.15, 0.2) is 47.4 Å². The van der Waals surface area contributed by atoms with Crippen molar-refractivity contribution < 1.29 is 19.1 Å². The molecular formula is C18H18ClNO4S. The van der Waals surface area contributed by atoms with Gasteiger partial charge in [-0.25, -0.2) is 4.79 Å². The van der Waals surface area contributed by atoms with Gasteiger partial charge in [-0.2, -0.15) is 0 Å². The van der Waals surface area contributed by atoms with Crippen LogP contribution in [0.5, 0.6) is 5.75 Å². The highest BCUT2D eigenvalue weighted by Gasteiger charge is 2.15. The number of benzene rings is 2. The molecular weight excluding hydrogens is 362 g/mol. The first-order valence-corrected chi connectivity index (χ1v) is 9.17. The molecule has 0 radical (unpaired) electrons. The number of nitrogens with one attached hydrogen (secondary N) is 1.